The zero-order valence-corrected chi connectivity index (χ0v) is 19.6. The van der Waals surface area contributed by atoms with Crippen molar-refractivity contribution < 1.29 is 4.79 Å². The number of aryl methyl sites for hydroxylation is 4. The van der Waals surface area contributed by atoms with Gasteiger partial charge in [0.1, 0.15) is 11.6 Å². The lowest BCUT2D eigenvalue weighted by atomic mass is 9.98. The zero-order chi connectivity index (χ0) is 22.7. The molecule has 0 spiro atoms. The second kappa shape index (κ2) is 9.52. The monoisotopic (exact) mass is 449 g/mol. The van der Waals surface area contributed by atoms with Gasteiger partial charge in [-0.3, -0.25) is 4.79 Å². The summed E-state index contributed by atoms with van der Waals surface area (Å²) in [5.41, 5.74) is 3.41. The van der Waals surface area contributed by atoms with Gasteiger partial charge < -0.3 is 10.2 Å². The van der Waals surface area contributed by atoms with Crippen LogP contribution >= 0.6 is 11.3 Å². The molecule has 166 valence electrons. The van der Waals surface area contributed by atoms with E-state index in [-0.39, 0.29) is 11.9 Å². The maximum absolute atomic E-state index is 13.0. The number of hydrogen-bond donors (Lipinski definition) is 1. The Kier molecular flexibility index (Phi) is 6.55. The van der Waals surface area contributed by atoms with Crippen molar-refractivity contribution >= 4 is 35.1 Å². The standard InChI is InChI=1S/C23H27N7OS/c1-14-11-15(2)25-23(24-14)29-21-12-19(26-16(3)27-21)20-7-5-6-10-30(20)22(31)9-8-18-13-32-17(4)28-18/h8-9,11-13,20H,5-7,10H2,1-4H3,(H,24,25,26,27,29)/b9-8+/t20-/m0/s1. The van der Waals surface area contributed by atoms with Crippen molar-refractivity contribution in [2.75, 3.05) is 11.9 Å². The normalized spacial score (nSPS) is 16.5. The molecule has 4 rings (SSSR count). The van der Waals surface area contributed by atoms with E-state index in [0.29, 0.717) is 24.1 Å². The predicted octanol–water partition coefficient (Wildman–Crippen LogP) is 4.47. The third-order valence-corrected chi connectivity index (χ3v) is 6.03. The molecule has 4 heterocycles. The summed E-state index contributed by atoms with van der Waals surface area (Å²) in [6, 6.07) is 3.73. The molecule has 3 aromatic heterocycles. The Morgan fingerprint density at radius 1 is 1.06 bits per heavy atom. The van der Waals surface area contributed by atoms with Crippen LogP contribution in [0.15, 0.2) is 23.6 Å². The molecule has 1 fully saturated rings. The maximum Gasteiger partial charge on any atom is 0.247 e. The first-order valence-corrected chi connectivity index (χ1v) is 11.6. The van der Waals surface area contributed by atoms with Crippen LogP contribution in [0.3, 0.4) is 0 Å². The summed E-state index contributed by atoms with van der Waals surface area (Å²) >= 11 is 1.57. The summed E-state index contributed by atoms with van der Waals surface area (Å²) in [5, 5.41) is 6.14. The van der Waals surface area contributed by atoms with Crippen LogP contribution in [0.4, 0.5) is 11.8 Å². The highest BCUT2D eigenvalue weighted by atomic mass is 32.1. The van der Waals surface area contributed by atoms with Gasteiger partial charge in [0, 0.05) is 35.5 Å². The van der Waals surface area contributed by atoms with Crippen molar-refractivity contribution in [3.8, 4) is 0 Å². The lowest BCUT2D eigenvalue weighted by Gasteiger charge is -2.35. The summed E-state index contributed by atoms with van der Waals surface area (Å²) in [5.74, 6) is 1.75. The quantitative estimate of drug-likeness (QED) is 0.574. The molecular weight excluding hydrogens is 422 g/mol. The number of likely N-dealkylation sites (tertiary alicyclic amines) is 1. The largest absolute Gasteiger partial charge is 0.331 e. The van der Waals surface area contributed by atoms with Gasteiger partial charge in [-0.15, -0.1) is 11.3 Å². The molecule has 1 aliphatic heterocycles. The SMILES string of the molecule is Cc1cc(C)nc(Nc2cc([C@@H]3CCCCN3C(=O)/C=C/c3csc(C)n3)nc(C)n2)n1. The molecule has 1 N–H and O–H groups in total. The van der Waals surface area contributed by atoms with Crippen molar-refractivity contribution in [3.63, 3.8) is 0 Å². The summed E-state index contributed by atoms with van der Waals surface area (Å²) in [4.78, 5) is 37.4. The number of nitrogens with zero attached hydrogens (tertiary/aromatic N) is 6. The molecule has 1 atom stereocenters. The number of carbonyl (C=O) groups excluding carboxylic acids is 1. The molecule has 0 aromatic carbocycles. The van der Waals surface area contributed by atoms with Gasteiger partial charge in [0.15, 0.2) is 0 Å². The third kappa shape index (κ3) is 5.34. The Bertz CT molecular complexity index is 1140. The Morgan fingerprint density at radius 3 is 2.56 bits per heavy atom. The highest BCUT2D eigenvalue weighted by Crippen LogP contribution is 2.31. The van der Waals surface area contributed by atoms with Gasteiger partial charge >= 0.3 is 0 Å². The Morgan fingerprint density at radius 2 is 1.84 bits per heavy atom. The molecule has 1 aliphatic rings. The molecule has 8 nitrogen and oxygen atoms in total. The minimum Gasteiger partial charge on any atom is -0.331 e. The van der Waals surface area contributed by atoms with Gasteiger partial charge in [0.05, 0.1) is 22.4 Å². The van der Waals surface area contributed by atoms with E-state index < -0.39 is 0 Å². The highest BCUT2D eigenvalue weighted by molar-refractivity contribution is 7.09. The average Bonchev–Trinajstić information content (AvgIpc) is 3.16. The second-order valence-corrected chi connectivity index (χ2v) is 9.05. The van der Waals surface area contributed by atoms with Crippen LogP contribution in [0, 0.1) is 27.7 Å². The predicted molar refractivity (Wildman–Crippen MR) is 126 cm³/mol. The van der Waals surface area contributed by atoms with E-state index in [1.54, 1.807) is 23.5 Å². The first kappa shape index (κ1) is 22.0. The van der Waals surface area contributed by atoms with Gasteiger partial charge in [-0.2, -0.15) is 0 Å². The molecule has 9 heteroatoms. The van der Waals surface area contributed by atoms with E-state index >= 15 is 0 Å². The lowest BCUT2D eigenvalue weighted by molar-refractivity contribution is -0.129. The minimum absolute atomic E-state index is 0.0243. The summed E-state index contributed by atoms with van der Waals surface area (Å²) in [6.45, 7) is 8.38. The van der Waals surface area contributed by atoms with E-state index in [1.807, 2.05) is 50.1 Å². The van der Waals surface area contributed by atoms with Crippen LogP contribution < -0.4 is 5.32 Å². The fourth-order valence-corrected chi connectivity index (χ4v) is 4.51. The van der Waals surface area contributed by atoms with E-state index in [9.17, 15) is 4.79 Å². The number of aromatic nitrogens is 5. The highest BCUT2D eigenvalue weighted by Gasteiger charge is 2.28. The van der Waals surface area contributed by atoms with Crippen LogP contribution in [0.25, 0.3) is 6.08 Å². The molecule has 0 radical (unpaired) electrons. The van der Waals surface area contributed by atoms with Crippen LogP contribution in [0.5, 0.6) is 0 Å². The summed E-state index contributed by atoms with van der Waals surface area (Å²) in [7, 11) is 0. The number of thiazole rings is 1. The molecule has 1 saturated heterocycles. The Labute approximate surface area is 191 Å². The first-order valence-electron chi connectivity index (χ1n) is 10.7. The topological polar surface area (TPSA) is 96.8 Å². The molecule has 1 amide bonds. The number of carbonyl (C=O) groups is 1. The lowest BCUT2D eigenvalue weighted by Crippen LogP contribution is -2.38. The van der Waals surface area contributed by atoms with Crippen LogP contribution in [0.1, 0.15) is 58.9 Å². The van der Waals surface area contributed by atoms with E-state index in [2.05, 4.69) is 30.2 Å². The number of nitrogens with one attached hydrogen (secondary N) is 1. The molecule has 0 bridgehead atoms. The van der Waals surface area contributed by atoms with Crippen molar-refractivity contribution in [2.45, 2.75) is 53.0 Å². The van der Waals surface area contributed by atoms with Gasteiger partial charge in [-0.05, 0) is 59.1 Å². The molecule has 0 unspecified atom stereocenters. The van der Waals surface area contributed by atoms with Crippen molar-refractivity contribution in [1.29, 1.82) is 0 Å². The molecule has 32 heavy (non-hydrogen) atoms. The first-order chi connectivity index (χ1) is 15.4. The molecule has 3 aromatic rings. The van der Waals surface area contributed by atoms with Gasteiger partial charge in [0.2, 0.25) is 11.9 Å². The zero-order valence-electron chi connectivity index (χ0n) is 18.8. The maximum atomic E-state index is 13.0. The summed E-state index contributed by atoms with van der Waals surface area (Å²) < 4.78 is 0. The fraction of sp³-hybridized carbons (Fsp3) is 0.391. The molecule has 0 aliphatic carbocycles. The minimum atomic E-state index is -0.0968. The molecular formula is C23H27N7OS. The van der Waals surface area contributed by atoms with Gasteiger partial charge in [-0.25, -0.2) is 24.9 Å². The fourth-order valence-electron chi connectivity index (χ4n) is 3.93. The van der Waals surface area contributed by atoms with E-state index in [0.717, 1.165) is 47.0 Å². The Hall–Kier alpha value is -3.20. The van der Waals surface area contributed by atoms with Crippen molar-refractivity contribution in [3.05, 3.63) is 57.2 Å². The van der Waals surface area contributed by atoms with Crippen LogP contribution in [-0.4, -0.2) is 42.3 Å². The number of hydrogen-bond acceptors (Lipinski definition) is 8. The van der Waals surface area contributed by atoms with Crippen LogP contribution in [0.2, 0.25) is 0 Å². The number of anilines is 2. The average molecular weight is 450 g/mol. The van der Waals surface area contributed by atoms with Crippen molar-refractivity contribution in [2.24, 2.45) is 0 Å². The summed E-state index contributed by atoms with van der Waals surface area (Å²) in [6.07, 6.45) is 6.30. The molecule has 0 saturated carbocycles. The van der Waals surface area contributed by atoms with E-state index in [4.69, 9.17) is 0 Å². The van der Waals surface area contributed by atoms with Gasteiger partial charge in [0.25, 0.3) is 0 Å². The van der Waals surface area contributed by atoms with Gasteiger partial charge in [-0.1, -0.05) is 0 Å². The third-order valence-electron chi connectivity index (χ3n) is 5.24. The van der Waals surface area contributed by atoms with Crippen molar-refractivity contribution in [1.82, 2.24) is 29.8 Å². The Balaban J connectivity index is 1.57. The van der Waals surface area contributed by atoms with Crippen LogP contribution in [-0.2, 0) is 4.79 Å². The smallest absolute Gasteiger partial charge is 0.247 e. The number of amides is 1. The number of rotatable bonds is 5. The second-order valence-electron chi connectivity index (χ2n) is 7.99. The van der Waals surface area contributed by atoms with E-state index in [1.165, 1.54) is 0 Å². The number of piperidine rings is 1.